The van der Waals surface area contributed by atoms with Crippen molar-refractivity contribution in [2.45, 2.75) is 59.9 Å². The highest BCUT2D eigenvalue weighted by molar-refractivity contribution is 6.09. The average molecular weight is 600 g/mol. The van der Waals surface area contributed by atoms with Gasteiger partial charge in [-0.25, -0.2) is 0 Å². The molecule has 45 heavy (non-hydrogen) atoms. The number of hydrogen-bond acceptors (Lipinski definition) is 4. The van der Waals surface area contributed by atoms with Crippen molar-refractivity contribution in [3.8, 4) is 11.5 Å². The van der Waals surface area contributed by atoms with Crippen molar-refractivity contribution in [3.05, 3.63) is 107 Å². The van der Waals surface area contributed by atoms with E-state index in [1.54, 1.807) is 0 Å². The van der Waals surface area contributed by atoms with Crippen LogP contribution in [-0.4, -0.2) is 16.5 Å². The fourth-order valence-electron chi connectivity index (χ4n) is 5.73. The van der Waals surface area contributed by atoms with Gasteiger partial charge in [0.25, 0.3) is 0 Å². The lowest BCUT2D eigenvalue weighted by Gasteiger charge is -2.17. The molecule has 5 rings (SSSR count). The third-order valence-corrected chi connectivity index (χ3v) is 8.12. The summed E-state index contributed by atoms with van der Waals surface area (Å²) in [7, 11) is 0. The molecule has 0 spiro atoms. The molecule has 0 amide bonds. The van der Waals surface area contributed by atoms with Crippen LogP contribution in [0.1, 0.15) is 75.6 Å². The van der Waals surface area contributed by atoms with Gasteiger partial charge in [0.2, 0.25) is 0 Å². The summed E-state index contributed by atoms with van der Waals surface area (Å²) in [5, 5.41) is 2.48. The van der Waals surface area contributed by atoms with Crippen molar-refractivity contribution in [2.75, 3.05) is 0 Å². The largest absolute Gasteiger partial charge is 0.427 e. The second kappa shape index (κ2) is 14.7. The Morgan fingerprint density at radius 1 is 0.644 bits per heavy atom. The number of hydrogen-bond donors (Lipinski definition) is 0. The number of nitrogens with zero attached hydrogens (tertiary/aromatic N) is 1. The monoisotopic (exact) mass is 599 g/mol. The van der Waals surface area contributed by atoms with Gasteiger partial charge in [0.15, 0.2) is 0 Å². The maximum Gasteiger partial charge on any atom is 0.308 e. The molecule has 5 nitrogen and oxygen atoms in total. The van der Waals surface area contributed by atoms with Crippen LogP contribution < -0.4 is 9.47 Å². The van der Waals surface area contributed by atoms with Crippen molar-refractivity contribution in [1.29, 1.82) is 0 Å². The number of aromatic nitrogens is 1. The second-order valence-electron chi connectivity index (χ2n) is 11.6. The van der Waals surface area contributed by atoms with Gasteiger partial charge < -0.3 is 14.0 Å². The van der Waals surface area contributed by atoms with Crippen LogP contribution in [0.2, 0.25) is 0 Å². The summed E-state index contributed by atoms with van der Waals surface area (Å²) in [4.78, 5) is 22.5. The fourth-order valence-corrected chi connectivity index (χ4v) is 5.73. The Kier molecular flexibility index (Phi) is 10.3. The highest BCUT2D eigenvalue weighted by atomic mass is 16.5. The van der Waals surface area contributed by atoms with Gasteiger partial charge in [0.05, 0.1) is 0 Å². The Labute approximate surface area is 265 Å². The highest BCUT2D eigenvalue weighted by Gasteiger charge is 2.15. The van der Waals surface area contributed by atoms with E-state index in [1.165, 1.54) is 54.9 Å². The predicted molar refractivity (Wildman–Crippen MR) is 186 cm³/mol. The molecule has 0 N–H and O–H groups in total. The maximum atomic E-state index is 11.2. The lowest BCUT2D eigenvalue weighted by atomic mass is 9.99. The summed E-state index contributed by atoms with van der Waals surface area (Å²) in [5.41, 5.74) is 6.82. The second-order valence-corrected chi connectivity index (χ2v) is 11.6. The van der Waals surface area contributed by atoms with Gasteiger partial charge in [0.1, 0.15) is 11.5 Å². The van der Waals surface area contributed by atoms with E-state index >= 15 is 0 Å². The number of fused-ring (bicyclic) bond motifs is 3. The van der Waals surface area contributed by atoms with Gasteiger partial charge in [-0.3, -0.25) is 9.59 Å². The Bertz CT molecular complexity index is 1720. The predicted octanol–water partition coefficient (Wildman–Crippen LogP) is 10.2. The zero-order valence-electron chi connectivity index (χ0n) is 26.6. The van der Waals surface area contributed by atoms with Gasteiger partial charge in [0, 0.05) is 42.2 Å². The Balaban J connectivity index is 1.49. The molecule has 4 aromatic carbocycles. The molecule has 0 fully saturated rings. The fraction of sp³-hybridized carbons (Fsp3) is 0.250. The molecule has 0 saturated heterocycles. The molecule has 0 aliphatic heterocycles. The topological polar surface area (TPSA) is 57.5 Å². The molecular weight excluding hydrogens is 558 g/mol. The number of ether oxygens (including phenoxy) is 2. The molecule has 0 radical (unpaired) electrons. The van der Waals surface area contributed by atoms with Crippen LogP contribution in [0.4, 0.5) is 0 Å². The Morgan fingerprint density at radius 2 is 1.07 bits per heavy atom. The van der Waals surface area contributed by atoms with Crippen molar-refractivity contribution >= 4 is 58.0 Å². The molecule has 0 saturated carbocycles. The van der Waals surface area contributed by atoms with Gasteiger partial charge in [-0.15, -0.1) is 0 Å². The summed E-state index contributed by atoms with van der Waals surface area (Å²) in [6, 6.07) is 28.5. The molecule has 0 bridgehead atoms. The van der Waals surface area contributed by atoms with Gasteiger partial charge >= 0.3 is 11.9 Å². The first-order chi connectivity index (χ1) is 21.8. The van der Waals surface area contributed by atoms with E-state index in [2.05, 4.69) is 79.1 Å². The maximum absolute atomic E-state index is 11.2. The standard InChI is InChI=1S/C40H41NO4/c1-5-7-8-30(6-2)27-41-39-23-17-33(11-9-31-13-19-35(20-14-31)44-28(3)42)25-37(39)38-26-34(18-24-40(38)41)12-10-32-15-21-36(22-16-32)45-29(4)43/h9-26,30H,5-8,27H2,1-4H3/b11-9+,12-10+. The minimum absolute atomic E-state index is 0.324. The van der Waals surface area contributed by atoms with Gasteiger partial charge in [-0.2, -0.15) is 0 Å². The quantitative estimate of drug-likeness (QED) is 0.0813. The highest BCUT2D eigenvalue weighted by Crippen LogP contribution is 2.33. The number of carbonyl (C=O) groups excluding carboxylic acids is 2. The average Bonchev–Trinajstić information content (AvgIpc) is 3.33. The minimum atomic E-state index is -0.324. The first-order valence-corrected chi connectivity index (χ1v) is 15.8. The molecule has 0 aliphatic rings. The van der Waals surface area contributed by atoms with Crippen molar-refractivity contribution in [2.24, 2.45) is 5.92 Å². The first kappa shape index (κ1) is 31.5. The number of rotatable bonds is 12. The Hall–Kier alpha value is -4.90. The van der Waals surface area contributed by atoms with Gasteiger partial charge in [-0.1, -0.05) is 93.8 Å². The van der Waals surface area contributed by atoms with E-state index in [0.717, 1.165) is 35.2 Å². The first-order valence-electron chi connectivity index (χ1n) is 15.8. The van der Waals surface area contributed by atoms with Crippen LogP contribution >= 0.6 is 0 Å². The molecule has 5 heteroatoms. The van der Waals surface area contributed by atoms with Crippen molar-refractivity contribution < 1.29 is 19.1 Å². The summed E-state index contributed by atoms with van der Waals surface area (Å²) in [6.45, 7) is 8.38. The number of carbonyl (C=O) groups is 2. The lowest BCUT2D eigenvalue weighted by Crippen LogP contribution is -2.10. The van der Waals surface area contributed by atoms with Crippen LogP contribution in [0.15, 0.2) is 84.9 Å². The summed E-state index contributed by atoms with van der Waals surface area (Å²) >= 11 is 0. The third-order valence-electron chi connectivity index (χ3n) is 8.12. The zero-order chi connectivity index (χ0) is 31.8. The SMILES string of the molecule is CCCCC(CC)Cn1c2ccc(/C=C/c3ccc(OC(C)=O)cc3)cc2c2cc(/C=C/c3ccc(OC(C)=O)cc3)ccc21. The van der Waals surface area contributed by atoms with Crippen LogP contribution in [0.25, 0.3) is 46.1 Å². The molecular formula is C40H41NO4. The molecule has 1 heterocycles. The zero-order valence-corrected chi connectivity index (χ0v) is 26.6. The summed E-state index contributed by atoms with van der Waals surface area (Å²) in [5.74, 6) is 1.07. The van der Waals surface area contributed by atoms with E-state index < -0.39 is 0 Å². The van der Waals surface area contributed by atoms with E-state index in [0.29, 0.717) is 17.4 Å². The number of unbranched alkanes of at least 4 members (excludes halogenated alkanes) is 1. The molecule has 1 atom stereocenters. The van der Waals surface area contributed by atoms with Crippen LogP contribution in [0, 0.1) is 5.92 Å². The molecule has 230 valence electrons. The normalized spacial score (nSPS) is 12.4. The van der Waals surface area contributed by atoms with E-state index in [4.69, 9.17) is 9.47 Å². The minimum Gasteiger partial charge on any atom is -0.427 e. The molecule has 0 aliphatic carbocycles. The molecule has 5 aromatic rings. The van der Waals surface area contributed by atoms with E-state index in [-0.39, 0.29) is 11.9 Å². The van der Waals surface area contributed by atoms with Crippen LogP contribution in [0.5, 0.6) is 11.5 Å². The third kappa shape index (κ3) is 8.18. The number of esters is 2. The van der Waals surface area contributed by atoms with Crippen molar-refractivity contribution in [1.82, 2.24) is 4.57 Å². The molecule has 1 aromatic heterocycles. The number of benzene rings is 4. The Morgan fingerprint density at radius 3 is 1.47 bits per heavy atom. The van der Waals surface area contributed by atoms with E-state index in [1.807, 2.05) is 48.5 Å². The van der Waals surface area contributed by atoms with Crippen LogP contribution in [0.3, 0.4) is 0 Å². The van der Waals surface area contributed by atoms with Crippen molar-refractivity contribution in [3.63, 3.8) is 0 Å². The summed E-state index contributed by atoms with van der Waals surface area (Å²) in [6.07, 6.45) is 13.3. The molecule has 1 unspecified atom stereocenters. The summed E-state index contributed by atoms with van der Waals surface area (Å²) < 4.78 is 12.8. The van der Waals surface area contributed by atoms with Gasteiger partial charge in [-0.05, 0) is 83.1 Å². The lowest BCUT2D eigenvalue weighted by molar-refractivity contribution is -0.132. The van der Waals surface area contributed by atoms with E-state index in [9.17, 15) is 9.59 Å². The van der Waals surface area contributed by atoms with Crippen LogP contribution in [-0.2, 0) is 16.1 Å². The smallest absolute Gasteiger partial charge is 0.308 e.